The molecule has 0 aliphatic carbocycles. The number of hydrogen-bond donors (Lipinski definition) is 1. The summed E-state index contributed by atoms with van der Waals surface area (Å²) in [5.74, 6) is 0.341. The molecule has 0 fully saturated rings. The zero-order chi connectivity index (χ0) is 14.7. The normalized spacial score (nSPS) is 11.1. The Morgan fingerprint density at radius 1 is 1.50 bits per heavy atom. The predicted octanol–water partition coefficient (Wildman–Crippen LogP) is 2.93. The van der Waals surface area contributed by atoms with Crippen molar-refractivity contribution in [1.29, 1.82) is 0 Å². The van der Waals surface area contributed by atoms with Gasteiger partial charge in [-0.25, -0.2) is 9.67 Å². The Bertz CT molecular complexity index is 650. The molecule has 1 N–H and O–H groups in total. The van der Waals surface area contributed by atoms with Crippen LogP contribution in [0.1, 0.15) is 24.5 Å². The van der Waals surface area contributed by atoms with Gasteiger partial charge in [-0.15, -0.1) is 11.3 Å². The second-order valence-corrected chi connectivity index (χ2v) is 6.40. The Morgan fingerprint density at radius 3 is 2.85 bits per heavy atom. The third-order valence-electron chi connectivity index (χ3n) is 2.65. The molecule has 2 aromatic heterocycles. The van der Waals surface area contributed by atoms with Gasteiger partial charge in [0.05, 0.1) is 29.1 Å². The summed E-state index contributed by atoms with van der Waals surface area (Å²) < 4.78 is 1.39. The molecule has 0 atom stereocenters. The summed E-state index contributed by atoms with van der Waals surface area (Å²) in [4.78, 5) is 16.4. The molecule has 2 rings (SSSR count). The van der Waals surface area contributed by atoms with Crippen molar-refractivity contribution in [3.63, 3.8) is 0 Å². The van der Waals surface area contributed by atoms with E-state index in [9.17, 15) is 4.79 Å². The first-order chi connectivity index (χ1) is 9.47. The maximum Gasteiger partial charge on any atom is 0.287 e. The quantitative estimate of drug-likeness (QED) is 0.922. The first kappa shape index (κ1) is 15.0. The molecule has 2 heterocycles. The predicted molar refractivity (Wildman–Crippen MR) is 82.5 cm³/mol. The average molecular weight is 313 g/mol. The molecule has 2 aromatic rings. The largest absolute Gasteiger partial charge is 0.377 e. The summed E-state index contributed by atoms with van der Waals surface area (Å²) in [5.41, 5.74) is 1.21. The maximum absolute atomic E-state index is 12.1. The van der Waals surface area contributed by atoms with E-state index in [4.69, 9.17) is 11.6 Å². The van der Waals surface area contributed by atoms with Crippen molar-refractivity contribution < 1.29 is 0 Å². The van der Waals surface area contributed by atoms with Gasteiger partial charge in [0.2, 0.25) is 0 Å². The zero-order valence-corrected chi connectivity index (χ0v) is 13.3. The van der Waals surface area contributed by atoms with Crippen molar-refractivity contribution >= 4 is 28.6 Å². The third kappa shape index (κ3) is 3.58. The van der Waals surface area contributed by atoms with E-state index in [2.05, 4.69) is 15.4 Å². The van der Waals surface area contributed by atoms with E-state index >= 15 is 0 Å². The Labute approximate surface area is 126 Å². The van der Waals surface area contributed by atoms with Crippen molar-refractivity contribution in [2.45, 2.75) is 33.9 Å². The second kappa shape index (κ2) is 6.37. The topological polar surface area (TPSA) is 59.8 Å². The Hall–Kier alpha value is -1.40. The van der Waals surface area contributed by atoms with Crippen LogP contribution in [0.5, 0.6) is 0 Å². The van der Waals surface area contributed by atoms with Gasteiger partial charge in [0.15, 0.2) is 0 Å². The summed E-state index contributed by atoms with van der Waals surface area (Å²) in [5, 5.41) is 10.4. The van der Waals surface area contributed by atoms with Crippen LogP contribution in [0.25, 0.3) is 0 Å². The summed E-state index contributed by atoms with van der Waals surface area (Å²) in [6, 6.07) is 0. The molecule has 0 spiro atoms. The molecule has 0 saturated heterocycles. The molecule has 0 amide bonds. The first-order valence-electron chi connectivity index (χ1n) is 6.38. The molecule has 0 saturated carbocycles. The van der Waals surface area contributed by atoms with E-state index in [-0.39, 0.29) is 10.6 Å². The van der Waals surface area contributed by atoms with Gasteiger partial charge in [-0.2, -0.15) is 5.10 Å². The molecule has 0 radical (unpaired) electrons. The van der Waals surface area contributed by atoms with Crippen LogP contribution in [0.15, 0.2) is 16.4 Å². The van der Waals surface area contributed by atoms with Crippen molar-refractivity contribution in [1.82, 2.24) is 14.8 Å². The summed E-state index contributed by atoms with van der Waals surface area (Å²) in [7, 11) is 0. The number of nitrogens with zero attached hydrogens (tertiary/aromatic N) is 3. The molecule has 20 heavy (non-hydrogen) atoms. The average Bonchev–Trinajstić information content (AvgIpc) is 2.79. The van der Waals surface area contributed by atoms with Crippen LogP contribution < -0.4 is 10.9 Å². The molecule has 0 bridgehead atoms. The van der Waals surface area contributed by atoms with E-state index in [0.29, 0.717) is 24.7 Å². The number of aryl methyl sites for hydroxylation is 1. The monoisotopic (exact) mass is 312 g/mol. The Morgan fingerprint density at radius 2 is 2.25 bits per heavy atom. The highest BCUT2D eigenvalue weighted by Gasteiger charge is 2.10. The number of rotatable bonds is 5. The minimum Gasteiger partial charge on any atom is -0.377 e. The lowest BCUT2D eigenvalue weighted by molar-refractivity contribution is 0.464. The molecule has 108 valence electrons. The van der Waals surface area contributed by atoms with Crippen molar-refractivity contribution in [3.05, 3.63) is 37.7 Å². The molecule has 0 aliphatic heterocycles. The second-order valence-electron chi connectivity index (χ2n) is 4.96. The molecule has 5 nitrogen and oxygen atoms in total. The minimum atomic E-state index is -0.264. The summed E-state index contributed by atoms with van der Waals surface area (Å²) in [6.45, 7) is 7.09. The lowest BCUT2D eigenvalue weighted by Crippen LogP contribution is -2.26. The first-order valence-corrected chi connectivity index (χ1v) is 7.63. The molecule has 7 heteroatoms. The summed E-state index contributed by atoms with van der Waals surface area (Å²) in [6.07, 6.45) is 1.59. The van der Waals surface area contributed by atoms with Crippen LogP contribution >= 0.6 is 22.9 Å². The lowest BCUT2D eigenvalue weighted by Gasteiger charge is -2.10. The maximum atomic E-state index is 12.1. The zero-order valence-electron chi connectivity index (χ0n) is 11.7. The van der Waals surface area contributed by atoms with Crippen molar-refractivity contribution in [2.24, 2.45) is 5.92 Å². The minimum absolute atomic E-state index is 0.174. The van der Waals surface area contributed by atoms with Gasteiger partial charge in [0.25, 0.3) is 5.56 Å². The number of aromatic nitrogens is 3. The van der Waals surface area contributed by atoms with Gasteiger partial charge in [-0.1, -0.05) is 25.4 Å². The van der Waals surface area contributed by atoms with Crippen LogP contribution in [-0.4, -0.2) is 14.8 Å². The number of anilines is 1. The fraction of sp³-hybridized carbons (Fsp3) is 0.462. The van der Waals surface area contributed by atoms with Crippen LogP contribution in [0, 0.1) is 12.8 Å². The third-order valence-corrected chi connectivity index (χ3v) is 3.84. The van der Waals surface area contributed by atoms with Gasteiger partial charge in [0.1, 0.15) is 5.02 Å². The number of thiazole rings is 1. The van der Waals surface area contributed by atoms with Crippen molar-refractivity contribution in [2.75, 3.05) is 5.32 Å². The van der Waals surface area contributed by atoms with Gasteiger partial charge < -0.3 is 5.32 Å². The van der Waals surface area contributed by atoms with Crippen LogP contribution in [0.4, 0.5) is 5.69 Å². The van der Waals surface area contributed by atoms with Crippen LogP contribution in [0.2, 0.25) is 5.02 Å². The number of halogens is 1. The van der Waals surface area contributed by atoms with Gasteiger partial charge in [-0.05, 0) is 12.8 Å². The SMILES string of the molecule is Cc1nc(CNc2cnn(CC(C)C)c(=O)c2Cl)cs1. The fourth-order valence-corrected chi connectivity index (χ4v) is 2.57. The van der Waals surface area contributed by atoms with Crippen molar-refractivity contribution in [3.8, 4) is 0 Å². The van der Waals surface area contributed by atoms with E-state index in [1.54, 1.807) is 17.5 Å². The lowest BCUT2D eigenvalue weighted by atomic mass is 10.2. The van der Waals surface area contributed by atoms with Gasteiger partial charge >= 0.3 is 0 Å². The molecular weight excluding hydrogens is 296 g/mol. The Kier molecular flexibility index (Phi) is 4.77. The molecule has 0 aromatic carbocycles. The van der Waals surface area contributed by atoms with Gasteiger partial charge in [-0.3, -0.25) is 4.79 Å². The van der Waals surface area contributed by atoms with Gasteiger partial charge in [0, 0.05) is 11.9 Å². The standard InChI is InChI=1S/C13H17ClN4OS/c1-8(2)6-18-13(19)12(14)11(5-16-18)15-4-10-7-20-9(3)17-10/h5,7-8,15H,4,6H2,1-3H3. The molecule has 0 aliphatic rings. The molecular formula is C13H17ClN4OS. The smallest absolute Gasteiger partial charge is 0.287 e. The number of nitrogens with one attached hydrogen (secondary N) is 1. The highest BCUT2D eigenvalue weighted by atomic mass is 35.5. The molecule has 0 unspecified atom stereocenters. The van der Waals surface area contributed by atoms with E-state index in [1.165, 1.54) is 4.68 Å². The van der Waals surface area contributed by atoms with E-state index < -0.39 is 0 Å². The summed E-state index contributed by atoms with van der Waals surface area (Å²) >= 11 is 7.69. The Balaban J connectivity index is 2.13. The van der Waals surface area contributed by atoms with Crippen LogP contribution in [-0.2, 0) is 13.1 Å². The fourth-order valence-electron chi connectivity index (χ4n) is 1.74. The highest BCUT2D eigenvalue weighted by Crippen LogP contribution is 2.17. The van der Waals surface area contributed by atoms with Crippen LogP contribution in [0.3, 0.4) is 0 Å². The van der Waals surface area contributed by atoms with E-state index in [1.807, 2.05) is 26.2 Å². The number of hydrogen-bond acceptors (Lipinski definition) is 5. The van der Waals surface area contributed by atoms with E-state index in [0.717, 1.165) is 10.7 Å². The highest BCUT2D eigenvalue weighted by molar-refractivity contribution is 7.09.